The number of imidazole rings is 1. The molecule has 3 aromatic carbocycles. The van der Waals surface area contributed by atoms with E-state index >= 15 is 0 Å². The Hall–Kier alpha value is -3.41. The Morgan fingerprint density at radius 3 is 2.29 bits per heavy atom. The predicted octanol–water partition coefficient (Wildman–Crippen LogP) is 5.06. The largest absolute Gasteiger partial charge is 0.449 e. The summed E-state index contributed by atoms with van der Waals surface area (Å²) in [6, 6.07) is 15.0. The van der Waals surface area contributed by atoms with Crippen molar-refractivity contribution >= 4 is 48.6 Å². The number of rotatable bonds is 7. The van der Waals surface area contributed by atoms with Crippen molar-refractivity contribution in [3.63, 3.8) is 0 Å². The lowest BCUT2D eigenvalue weighted by molar-refractivity contribution is 0.158. The van der Waals surface area contributed by atoms with E-state index < -0.39 is 26.0 Å². The van der Waals surface area contributed by atoms with Crippen molar-refractivity contribution in [3.8, 4) is 16.8 Å². The molecule has 0 unspecified atom stereocenters. The summed E-state index contributed by atoms with van der Waals surface area (Å²) < 4.78 is 58.7. The number of sulfonamides is 1. The van der Waals surface area contributed by atoms with Gasteiger partial charge >= 0.3 is 6.09 Å². The molecule has 12 heteroatoms. The van der Waals surface area contributed by atoms with Crippen molar-refractivity contribution in [1.82, 2.24) is 14.3 Å². The highest BCUT2D eigenvalue weighted by Crippen LogP contribution is 2.33. The number of carbonyl (C=O) groups is 1. The van der Waals surface area contributed by atoms with E-state index in [1.807, 2.05) is 35.3 Å². The van der Waals surface area contributed by atoms with Gasteiger partial charge in [-0.3, -0.25) is 4.57 Å². The lowest BCUT2D eigenvalue weighted by Crippen LogP contribution is -2.31. The first-order valence-corrected chi connectivity index (χ1v) is 15.4. The molecule has 9 nitrogen and oxygen atoms in total. The van der Waals surface area contributed by atoms with Crippen LogP contribution in [-0.2, 0) is 31.0 Å². The number of benzene rings is 3. The van der Waals surface area contributed by atoms with Crippen molar-refractivity contribution < 1.29 is 26.4 Å². The van der Waals surface area contributed by atoms with Crippen molar-refractivity contribution in [1.29, 1.82) is 0 Å². The average molecular weight is 576 g/mol. The molecule has 1 N–H and O–H groups in total. The standard InChI is InChI=1S/C26H26ClN3O6S2/c1-5-25-28-21-15-24(37(4,32)33)20(27)14-22(21)30(25)18-10-8-17(9-11-18)19-13-16(3)7-12-23(19)38(34,35)29-26(31)36-6-2/h7-15H,5-6H2,1-4H3,(H,29,31). The van der Waals surface area contributed by atoms with Crippen LogP contribution in [0.1, 0.15) is 25.2 Å². The molecule has 1 heterocycles. The van der Waals surface area contributed by atoms with E-state index in [0.717, 1.165) is 17.5 Å². The average Bonchev–Trinajstić information content (AvgIpc) is 3.20. The van der Waals surface area contributed by atoms with Crippen molar-refractivity contribution in [2.24, 2.45) is 0 Å². The third-order valence-corrected chi connectivity index (χ3v) is 8.78. The van der Waals surface area contributed by atoms with Crippen molar-refractivity contribution in [3.05, 3.63) is 71.0 Å². The summed E-state index contributed by atoms with van der Waals surface area (Å²) in [7, 11) is -7.73. The van der Waals surface area contributed by atoms with Gasteiger partial charge in [-0.1, -0.05) is 48.4 Å². The number of hydrogen-bond acceptors (Lipinski definition) is 7. The number of aryl methyl sites for hydroxylation is 2. The molecule has 200 valence electrons. The van der Waals surface area contributed by atoms with E-state index in [1.165, 1.54) is 12.1 Å². The van der Waals surface area contributed by atoms with Gasteiger partial charge in [-0.25, -0.2) is 31.3 Å². The lowest BCUT2D eigenvalue weighted by atomic mass is 10.0. The normalized spacial score (nSPS) is 12.0. The van der Waals surface area contributed by atoms with Crippen LogP contribution >= 0.6 is 11.6 Å². The zero-order valence-electron chi connectivity index (χ0n) is 21.1. The quantitative estimate of drug-likeness (QED) is 0.327. The highest BCUT2D eigenvalue weighted by molar-refractivity contribution is 7.91. The maximum atomic E-state index is 13.0. The topological polar surface area (TPSA) is 124 Å². The summed E-state index contributed by atoms with van der Waals surface area (Å²) in [5, 5.41) is 0.101. The van der Waals surface area contributed by atoms with Crippen LogP contribution in [0.25, 0.3) is 27.8 Å². The summed E-state index contributed by atoms with van der Waals surface area (Å²) >= 11 is 6.32. The molecule has 0 atom stereocenters. The highest BCUT2D eigenvalue weighted by Gasteiger charge is 2.23. The molecule has 0 saturated heterocycles. The zero-order chi connectivity index (χ0) is 27.8. The fourth-order valence-electron chi connectivity index (χ4n) is 4.16. The second kappa shape index (κ2) is 10.4. The van der Waals surface area contributed by atoms with E-state index in [9.17, 15) is 21.6 Å². The number of hydrogen-bond donors (Lipinski definition) is 1. The molecule has 0 aliphatic carbocycles. The fourth-order valence-corrected chi connectivity index (χ4v) is 6.58. The van der Waals surface area contributed by atoms with Gasteiger partial charge in [-0.2, -0.15) is 0 Å². The Morgan fingerprint density at radius 2 is 1.68 bits per heavy atom. The second-order valence-electron chi connectivity index (χ2n) is 8.63. The number of nitrogens with zero attached hydrogens (tertiary/aromatic N) is 2. The monoisotopic (exact) mass is 575 g/mol. The molecule has 0 saturated carbocycles. The number of aromatic nitrogens is 2. The minimum atomic E-state index is -4.19. The van der Waals surface area contributed by atoms with Crippen LogP contribution in [0.2, 0.25) is 5.02 Å². The number of ether oxygens (including phenoxy) is 1. The van der Waals surface area contributed by atoms with Crippen LogP contribution in [0, 0.1) is 6.92 Å². The Balaban J connectivity index is 1.81. The van der Waals surface area contributed by atoms with Crippen molar-refractivity contribution in [2.75, 3.05) is 12.9 Å². The number of nitrogens with one attached hydrogen (secondary N) is 1. The third-order valence-electron chi connectivity index (χ3n) is 5.85. The minimum Gasteiger partial charge on any atom is -0.449 e. The Bertz CT molecular complexity index is 1760. The summed E-state index contributed by atoms with van der Waals surface area (Å²) in [5.41, 5.74) is 3.74. The van der Waals surface area contributed by atoms with Gasteiger partial charge < -0.3 is 4.74 Å². The van der Waals surface area contributed by atoms with Gasteiger partial charge in [0.05, 0.1) is 32.5 Å². The number of sulfone groups is 1. The molecule has 1 aromatic heterocycles. The molecule has 0 fully saturated rings. The number of amides is 1. The van der Waals surface area contributed by atoms with E-state index in [2.05, 4.69) is 4.98 Å². The molecule has 4 rings (SSSR count). The van der Waals surface area contributed by atoms with Crippen LogP contribution in [0.5, 0.6) is 0 Å². The highest BCUT2D eigenvalue weighted by atomic mass is 35.5. The molecule has 0 radical (unpaired) electrons. The van der Waals surface area contributed by atoms with E-state index in [0.29, 0.717) is 34.4 Å². The van der Waals surface area contributed by atoms with Crippen LogP contribution < -0.4 is 4.72 Å². The first-order chi connectivity index (χ1) is 17.9. The molecule has 1 amide bonds. The van der Waals surface area contributed by atoms with Crippen LogP contribution in [0.4, 0.5) is 4.79 Å². The SMILES string of the molecule is CCOC(=O)NS(=O)(=O)c1ccc(C)cc1-c1ccc(-n2c(CC)nc3cc(S(C)(=O)=O)c(Cl)cc32)cc1. The molecule has 0 aliphatic rings. The number of halogens is 1. The predicted molar refractivity (Wildman–Crippen MR) is 146 cm³/mol. The van der Waals surface area contributed by atoms with Crippen LogP contribution in [-0.4, -0.2) is 45.3 Å². The summed E-state index contributed by atoms with van der Waals surface area (Å²) in [5.74, 6) is 0.701. The Labute approximate surface area is 226 Å². The van der Waals surface area contributed by atoms with E-state index in [1.54, 1.807) is 37.3 Å². The molecule has 0 aliphatic heterocycles. The van der Waals surface area contributed by atoms with Crippen molar-refractivity contribution in [2.45, 2.75) is 37.0 Å². The Kier molecular flexibility index (Phi) is 7.55. The first kappa shape index (κ1) is 27.6. The smallest absolute Gasteiger partial charge is 0.421 e. The fraction of sp³-hybridized carbons (Fsp3) is 0.231. The van der Waals surface area contributed by atoms with Gasteiger partial charge in [-0.05, 0) is 49.7 Å². The van der Waals surface area contributed by atoms with Gasteiger partial charge in [0.15, 0.2) is 9.84 Å². The number of carbonyl (C=O) groups excluding carboxylic acids is 1. The summed E-state index contributed by atoms with van der Waals surface area (Å²) in [6.07, 6.45) is 0.617. The van der Waals surface area contributed by atoms with Gasteiger partial charge in [-0.15, -0.1) is 0 Å². The lowest BCUT2D eigenvalue weighted by Gasteiger charge is -2.14. The van der Waals surface area contributed by atoms with Gasteiger partial charge in [0, 0.05) is 23.9 Å². The van der Waals surface area contributed by atoms with Gasteiger partial charge in [0.2, 0.25) is 0 Å². The molecular formula is C26H26ClN3O6S2. The summed E-state index contributed by atoms with van der Waals surface area (Å²) in [6.45, 7) is 5.39. The molecular weight excluding hydrogens is 550 g/mol. The maximum absolute atomic E-state index is 13.0. The van der Waals surface area contributed by atoms with Crippen LogP contribution in [0.15, 0.2) is 64.4 Å². The van der Waals surface area contributed by atoms with E-state index in [4.69, 9.17) is 16.3 Å². The van der Waals surface area contributed by atoms with Crippen LogP contribution in [0.3, 0.4) is 0 Å². The third kappa shape index (κ3) is 5.40. The maximum Gasteiger partial charge on any atom is 0.421 e. The first-order valence-electron chi connectivity index (χ1n) is 11.7. The number of fused-ring (bicyclic) bond motifs is 1. The summed E-state index contributed by atoms with van der Waals surface area (Å²) in [4.78, 5) is 16.4. The Morgan fingerprint density at radius 1 is 1.00 bits per heavy atom. The van der Waals surface area contributed by atoms with E-state index in [-0.39, 0.29) is 21.4 Å². The minimum absolute atomic E-state index is 0.0129. The zero-order valence-corrected chi connectivity index (χ0v) is 23.5. The second-order valence-corrected chi connectivity index (χ2v) is 12.7. The molecule has 4 aromatic rings. The molecule has 38 heavy (non-hydrogen) atoms. The molecule has 0 spiro atoms. The molecule has 0 bridgehead atoms. The van der Waals surface area contributed by atoms with Gasteiger partial charge in [0.1, 0.15) is 5.82 Å². The van der Waals surface area contributed by atoms with Gasteiger partial charge in [0.25, 0.3) is 10.0 Å².